The number of nitrogens with one attached hydrogen (secondary N) is 2. The fourth-order valence-electron chi connectivity index (χ4n) is 1.16. The van der Waals surface area contributed by atoms with Crippen molar-refractivity contribution < 1.29 is 9.53 Å². The van der Waals surface area contributed by atoms with Gasteiger partial charge in [0.2, 0.25) is 5.95 Å². The molecule has 6 heteroatoms. The third-order valence-corrected chi connectivity index (χ3v) is 2.01. The van der Waals surface area contributed by atoms with Gasteiger partial charge in [-0.15, -0.1) is 0 Å². The van der Waals surface area contributed by atoms with E-state index in [2.05, 4.69) is 20.6 Å². The van der Waals surface area contributed by atoms with E-state index < -0.39 is 0 Å². The van der Waals surface area contributed by atoms with Gasteiger partial charge in [-0.2, -0.15) is 0 Å². The van der Waals surface area contributed by atoms with Crippen molar-refractivity contribution in [1.29, 1.82) is 0 Å². The molecule has 6 nitrogen and oxygen atoms in total. The van der Waals surface area contributed by atoms with Crippen molar-refractivity contribution in [2.75, 3.05) is 32.1 Å². The van der Waals surface area contributed by atoms with E-state index in [1.165, 1.54) is 0 Å². The SMILES string of the molecule is CCCNc1nccc(C(=O)NCCOC)n1. The van der Waals surface area contributed by atoms with Crippen LogP contribution in [0.1, 0.15) is 23.8 Å². The van der Waals surface area contributed by atoms with Crippen molar-refractivity contribution in [1.82, 2.24) is 15.3 Å². The Kier molecular flexibility index (Phi) is 5.95. The molecule has 94 valence electrons. The van der Waals surface area contributed by atoms with Gasteiger partial charge in [0.25, 0.3) is 5.91 Å². The third-order valence-electron chi connectivity index (χ3n) is 2.01. The lowest BCUT2D eigenvalue weighted by Gasteiger charge is -2.06. The second-order valence-electron chi connectivity index (χ2n) is 3.44. The summed E-state index contributed by atoms with van der Waals surface area (Å²) in [4.78, 5) is 19.8. The number of hydrogen-bond acceptors (Lipinski definition) is 5. The summed E-state index contributed by atoms with van der Waals surface area (Å²) in [6, 6.07) is 1.58. The predicted molar refractivity (Wildman–Crippen MR) is 65.0 cm³/mol. The van der Waals surface area contributed by atoms with E-state index in [1.807, 2.05) is 6.92 Å². The van der Waals surface area contributed by atoms with Gasteiger partial charge < -0.3 is 15.4 Å². The predicted octanol–water partition coefficient (Wildman–Crippen LogP) is 0.675. The van der Waals surface area contributed by atoms with Crippen LogP contribution in [0, 0.1) is 0 Å². The summed E-state index contributed by atoms with van der Waals surface area (Å²) in [5.74, 6) is 0.259. The van der Waals surface area contributed by atoms with E-state index in [0.717, 1.165) is 13.0 Å². The number of amides is 1. The van der Waals surface area contributed by atoms with Crippen molar-refractivity contribution >= 4 is 11.9 Å². The molecular weight excluding hydrogens is 220 g/mol. The molecule has 0 spiro atoms. The Hall–Kier alpha value is -1.69. The zero-order valence-electron chi connectivity index (χ0n) is 10.2. The van der Waals surface area contributed by atoms with E-state index in [0.29, 0.717) is 24.8 Å². The lowest BCUT2D eigenvalue weighted by atomic mass is 10.4. The van der Waals surface area contributed by atoms with E-state index >= 15 is 0 Å². The van der Waals surface area contributed by atoms with Crippen LogP contribution in [0.4, 0.5) is 5.95 Å². The highest BCUT2D eigenvalue weighted by molar-refractivity contribution is 5.92. The first-order chi connectivity index (χ1) is 8.27. The monoisotopic (exact) mass is 238 g/mol. The molecule has 0 atom stereocenters. The Morgan fingerprint density at radius 1 is 1.47 bits per heavy atom. The molecule has 1 aromatic heterocycles. The van der Waals surface area contributed by atoms with E-state index in [-0.39, 0.29) is 5.91 Å². The number of carbonyl (C=O) groups excluding carboxylic acids is 1. The molecule has 0 aromatic carbocycles. The van der Waals surface area contributed by atoms with Crippen LogP contribution in [0.5, 0.6) is 0 Å². The largest absolute Gasteiger partial charge is 0.383 e. The second kappa shape index (κ2) is 7.56. The number of aromatic nitrogens is 2. The maximum atomic E-state index is 11.7. The molecule has 0 saturated carbocycles. The lowest BCUT2D eigenvalue weighted by molar-refractivity contribution is 0.0932. The number of hydrogen-bond donors (Lipinski definition) is 2. The van der Waals surface area contributed by atoms with Crippen molar-refractivity contribution in [3.63, 3.8) is 0 Å². The summed E-state index contributed by atoms with van der Waals surface area (Å²) in [6.07, 6.45) is 2.55. The number of carbonyl (C=O) groups is 1. The smallest absolute Gasteiger partial charge is 0.270 e. The molecule has 2 N–H and O–H groups in total. The van der Waals surface area contributed by atoms with Crippen LogP contribution in [0.25, 0.3) is 0 Å². The Morgan fingerprint density at radius 3 is 3.00 bits per heavy atom. The molecule has 0 saturated heterocycles. The highest BCUT2D eigenvalue weighted by atomic mass is 16.5. The quantitative estimate of drug-likeness (QED) is 0.683. The molecule has 1 heterocycles. The summed E-state index contributed by atoms with van der Waals surface area (Å²) >= 11 is 0. The summed E-state index contributed by atoms with van der Waals surface area (Å²) in [7, 11) is 1.59. The van der Waals surface area contributed by atoms with Crippen LogP contribution >= 0.6 is 0 Å². The average Bonchev–Trinajstić information content (AvgIpc) is 2.37. The summed E-state index contributed by atoms with van der Waals surface area (Å²) in [6.45, 7) is 3.79. The fraction of sp³-hybridized carbons (Fsp3) is 0.545. The number of ether oxygens (including phenoxy) is 1. The lowest BCUT2D eigenvalue weighted by Crippen LogP contribution is -2.28. The molecule has 1 amide bonds. The van der Waals surface area contributed by atoms with Gasteiger partial charge in [0, 0.05) is 26.4 Å². The van der Waals surface area contributed by atoms with Gasteiger partial charge in [0.15, 0.2) is 0 Å². The standard InChI is InChI=1S/C11H18N4O2/c1-3-5-13-11-14-6-4-9(15-11)10(16)12-7-8-17-2/h4,6H,3,5,7-8H2,1-2H3,(H,12,16)(H,13,14,15). The molecule has 0 aliphatic carbocycles. The van der Waals surface area contributed by atoms with Crippen molar-refractivity contribution in [3.8, 4) is 0 Å². The van der Waals surface area contributed by atoms with Crippen molar-refractivity contribution in [3.05, 3.63) is 18.0 Å². The number of anilines is 1. The molecule has 1 aromatic rings. The first kappa shape index (κ1) is 13.4. The van der Waals surface area contributed by atoms with Gasteiger partial charge in [0.05, 0.1) is 6.61 Å². The normalized spacial score (nSPS) is 10.0. The number of rotatable bonds is 7. The van der Waals surface area contributed by atoms with Crippen LogP contribution in [0.3, 0.4) is 0 Å². The number of nitrogens with zero attached hydrogens (tertiary/aromatic N) is 2. The van der Waals surface area contributed by atoms with Crippen LogP contribution < -0.4 is 10.6 Å². The molecule has 0 fully saturated rings. The van der Waals surface area contributed by atoms with Crippen LogP contribution in [0.2, 0.25) is 0 Å². The average molecular weight is 238 g/mol. The van der Waals surface area contributed by atoms with Crippen LogP contribution in [0.15, 0.2) is 12.3 Å². The van der Waals surface area contributed by atoms with E-state index in [9.17, 15) is 4.79 Å². The van der Waals surface area contributed by atoms with Gasteiger partial charge >= 0.3 is 0 Å². The molecule has 0 aliphatic rings. The highest BCUT2D eigenvalue weighted by Crippen LogP contribution is 2.00. The maximum absolute atomic E-state index is 11.7. The van der Waals surface area contributed by atoms with Gasteiger partial charge in [-0.1, -0.05) is 6.92 Å². The minimum Gasteiger partial charge on any atom is -0.383 e. The van der Waals surface area contributed by atoms with Gasteiger partial charge in [-0.05, 0) is 12.5 Å². The van der Waals surface area contributed by atoms with Crippen molar-refractivity contribution in [2.45, 2.75) is 13.3 Å². The molecule has 0 bridgehead atoms. The molecule has 1 rings (SSSR count). The minimum atomic E-state index is -0.219. The third kappa shape index (κ3) is 4.78. The second-order valence-corrected chi connectivity index (χ2v) is 3.44. The van der Waals surface area contributed by atoms with E-state index in [1.54, 1.807) is 19.4 Å². The highest BCUT2D eigenvalue weighted by Gasteiger charge is 2.07. The summed E-state index contributed by atoms with van der Waals surface area (Å²) < 4.78 is 4.85. The topological polar surface area (TPSA) is 76.1 Å². The molecule has 0 radical (unpaired) electrons. The zero-order valence-corrected chi connectivity index (χ0v) is 10.2. The Bertz CT molecular complexity index is 357. The fourth-order valence-corrected chi connectivity index (χ4v) is 1.16. The first-order valence-corrected chi connectivity index (χ1v) is 5.62. The molecular formula is C11H18N4O2. The van der Waals surface area contributed by atoms with Crippen LogP contribution in [-0.2, 0) is 4.74 Å². The van der Waals surface area contributed by atoms with Gasteiger partial charge in [0.1, 0.15) is 5.69 Å². The number of methoxy groups -OCH3 is 1. The molecule has 0 unspecified atom stereocenters. The van der Waals surface area contributed by atoms with Crippen molar-refractivity contribution in [2.24, 2.45) is 0 Å². The maximum Gasteiger partial charge on any atom is 0.270 e. The molecule has 17 heavy (non-hydrogen) atoms. The van der Waals surface area contributed by atoms with E-state index in [4.69, 9.17) is 4.74 Å². The van der Waals surface area contributed by atoms with Crippen LogP contribution in [-0.4, -0.2) is 42.7 Å². The minimum absolute atomic E-state index is 0.219. The Morgan fingerprint density at radius 2 is 2.29 bits per heavy atom. The molecule has 0 aliphatic heterocycles. The summed E-state index contributed by atoms with van der Waals surface area (Å²) in [5, 5.41) is 5.73. The zero-order chi connectivity index (χ0) is 12.5. The Labute approximate surface area is 101 Å². The summed E-state index contributed by atoms with van der Waals surface area (Å²) in [5.41, 5.74) is 0.356. The first-order valence-electron chi connectivity index (χ1n) is 5.62. The van der Waals surface area contributed by atoms with Gasteiger partial charge in [-0.3, -0.25) is 4.79 Å². The Balaban J connectivity index is 2.54. The van der Waals surface area contributed by atoms with Gasteiger partial charge in [-0.25, -0.2) is 9.97 Å².